The predicted molar refractivity (Wildman–Crippen MR) is 74.1 cm³/mol. The van der Waals surface area contributed by atoms with Crippen molar-refractivity contribution in [3.63, 3.8) is 0 Å². The van der Waals surface area contributed by atoms with Gasteiger partial charge in [-0.2, -0.15) is 0 Å². The molecule has 1 aliphatic heterocycles. The average molecular weight is 261 g/mol. The van der Waals surface area contributed by atoms with Gasteiger partial charge in [0.1, 0.15) is 5.82 Å². The van der Waals surface area contributed by atoms with Gasteiger partial charge >= 0.3 is 0 Å². The fourth-order valence-electron chi connectivity index (χ4n) is 3.81. The Hall–Kier alpha value is -1.38. The molecule has 0 amide bonds. The van der Waals surface area contributed by atoms with Crippen molar-refractivity contribution in [3.8, 4) is 0 Å². The molecule has 3 rings (SSSR count). The highest BCUT2D eigenvalue weighted by Crippen LogP contribution is 2.38. The Labute approximate surface area is 113 Å². The molecule has 1 aromatic carbocycles. The Morgan fingerprint density at radius 2 is 1.95 bits per heavy atom. The topological polar surface area (TPSA) is 20.3 Å². The zero-order chi connectivity index (χ0) is 13.2. The number of rotatable bonds is 2. The highest BCUT2D eigenvalue weighted by Gasteiger charge is 2.34. The summed E-state index contributed by atoms with van der Waals surface area (Å²) in [6.07, 6.45) is 8.38. The lowest BCUT2D eigenvalue weighted by atomic mass is 9.78. The van der Waals surface area contributed by atoms with Gasteiger partial charge in [0.2, 0.25) is 0 Å². The van der Waals surface area contributed by atoms with Gasteiger partial charge in [-0.05, 0) is 49.8 Å². The van der Waals surface area contributed by atoms with E-state index in [9.17, 15) is 9.18 Å². The van der Waals surface area contributed by atoms with Gasteiger partial charge in [0.05, 0.1) is 0 Å². The summed E-state index contributed by atoms with van der Waals surface area (Å²) in [4.78, 5) is 13.5. The van der Waals surface area contributed by atoms with Crippen LogP contribution >= 0.6 is 0 Å². The number of anilines is 1. The number of nitrogens with zero attached hydrogens (tertiary/aromatic N) is 1. The molecule has 0 aromatic heterocycles. The lowest BCUT2D eigenvalue weighted by Gasteiger charge is -2.45. The third-order valence-corrected chi connectivity index (χ3v) is 4.67. The number of hydrogen-bond acceptors (Lipinski definition) is 2. The third-order valence-electron chi connectivity index (χ3n) is 4.67. The van der Waals surface area contributed by atoms with Crippen molar-refractivity contribution in [2.24, 2.45) is 5.92 Å². The quantitative estimate of drug-likeness (QED) is 0.755. The molecule has 1 aromatic rings. The fraction of sp³-hybridized carbons (Fsp3) is 0.562. The lowest BCUT2D eigenvalue weighted by molar-refractivity contribution is 0.112. The average Bonchev–Trinajstić information content (AvgIpc) is 2.46. The minimum Gasteiger partial charge on any atom is -0.368 e. The van der Waals surface area contributed by atoms with Gasteiger partial charge in [-0.15, -0.1) is 0 Å². The van der Waals surface area contributed by atoms with E-state index in [0.717, 1.165) is 24.4 Å². The van der Waals surface area contributed by atoms with E-state index in [0.29, 0.717) is 11.6 Å². The molecule has 1 heterocycles. The molecule has 2 aliphatic rings. The Morgan fingerprint density at radius 1 is 1.16 bits per heavy atom. The maximum absolute atomic E-state index is 13.3. The molecule has 1 saturated heterocycles. The van der Waals surface area contributed by atoms with Crippen molar-refractivity contribution < 1.29 is 9.18 Å². The standard InChI is InChI=1S/C16H20FNO/c17-14-7-8-16(13(10-14)11-19)18-9-3-5-12-4-1-2-6-15(12)18/h7-8,10-12,15H,1-6,9H2/t12-,15-/m1/s1. The van der Waals surface area contributed by atoms with E-state index >= 15 is 0 Å². The van der Waals surface area contributed by atoms with Crippen LogP contribution < -0.4 is 4.90 Å². The zero-order valence-electron chi connectivity index (χ0n) is 11.1. The molecule has 2 nitrogen and oxygen atoms in total. The zero-order valence-corrected chi connectivity index (χ0v) is 11.1. The van der Waals surface area contributed by atoms with Crippen LogP contribution in [0.15, 0.2) is 18.2 Å². The van der Waals surface area contributed by atoms with Crippen LogP contribution in [-0.2, 0) is 0 Å². The van der Waals surface area contributed by atoms with Crippen LogP contribution in [-0.4, -0.2) is 18.9 Å². The maximum atomic E-state index is 13.3. The molecule has 1 aliphatic carbocycles. The number of piperidine rings is 1. The molecular weight excluding hydrogens is 241 g/mol. The first kappa shape index (κ1) is 12.6. The summed E-state index contributed by atoms with van der Waals surface area (Å²) in [5, 5.41) is 0. The maximum Gasteiger partial charge on any atom is 0.152 e. The summed E-state index contributed by atoms with van der Waals surface area (Å²) < 4.78 is 13.3. The molecule has 0 N–H and O–H groups in total. The number of halogens is 1. The van der Waals surface area contributed by atoms with E-state index < -0.39 is 0 Å². The van der Waals surface area contributed by atoms with Crippen LogP contribution in [0.4, 0.5) is 10.1 Å². The van der Waals surface area contributed by atoms with Gasteiger partial charge in [-0.3, -0.25) is 4.79 Å². The first-order chi connectivity index (χ1) is 9.29. The summed E-state index contributed by atoms with van der Waals surface area (Å²) in [7, 11) is 0. The Morgan fingerprint density at radius 3 is 2.79 bits per heavy atom. The smallest absolute Gasteiger partial charge is 0.152 e. The van der Waals surface area contributed by atoms with Crippen LogP contribution in [0.3, 0.4) is 0 Å². The van der Waals surface area contributed by atoms with Crippen LogP contribution in [0.25, 0.3) is 0 Å². The van der Waals surface area contributed by atoms with Gasteiger partial charge in [0, 0.05) is 23.8 Å². The molecule has 0 bridgehead atoms. The number of benzene rings is 1. The van der Waals surface area contributed by atoms with Gasteiger partial charge in [-0.1, -0.05) is 12.8 Å². The molecule has 2 fully saturated rings. The number of aldehydes is 1. The van der Waals surface area contributed by atoms with E-state index in [1.54, 1.807) is 6.07 Å². The second kappa shape index (κ2) is 5.32. The van der Waals surface area contributed by atoms with Gasteiger partial charge < -0.3 is 4.90 Å². The van der Waals surface area contributed by atoms with E-state index in [2.05, 4.69) is 4.90 Å². The minimum atomic E-state index is -0.331. The number of hydrogen-bond donors (Lipinski definition) is 0. The first-order valence-corrected chi connectivity index (χ1v) is 7.31. The lowest BCUT2D eigenvalue weighted by Crippen LogP contribution is -2.47. The van der Waals surface area contributed by atoms with Crippen molar-refractivity contribution >= 4 is 12.0 Å². The first-order valence-electron chi connectivity index (χ1n) is 7.31. The monoisotopic (exact) mass is 261 g/mol. The Bertz CT molecular complexity index is 472. The van der Waals surface area contributed by atoms with E-state index in [1.165, 1.54) is 50.7 Å². The Kier molecular flexibility index (Phi) is 3.54. The van der Waals surface area contributed by atoms with Crippen molar-refractivity contribution in [3.05, 3.63) is 29.6 Å². The number of carbonyl (C=O) groups is 1. The summed E-state index contributed by atoms with van der Waals surface area (Å²) in [6, 6.07) is 5.14. The molecule has 0 radical (unpaired) electrons. The number of carbonyl (C=O) groups excluding carboxylic acids is 1. The van der Waals surface area contributed by atoms with Crippen LogP contribution in [0, 0.1) is 11.7 Å². The van der Waals surface area contributed by atoms with Crippen molar-refractivity contribution in [2.75, 3.05) is 11.4 Å². The third kappa shape index (κ3) is 2.38. The summed E-state index contributed by atoms with van der Waals surface area (Å²) in [6.45, 7) is 0.994. The van der Waals surface area contributed by atoms with E-state index in [1.807, 2.05) is 0 Å². The predicted octanol–water partition coefficient (Wildman–Crippen LogP) is 3.80. The summed E-state index contributed by atoms with van der Waals surface area (Å²) in [5.41, 5.74) is 1.42. The van der Waals surface area contributed by atoms with Crippen molar-refractivity contribution in [1.82, 2.24) is 0 Å². The van der Waals surface area contributed by atoms with Gasteiger partial charge in [0.15, 0.2) is 6.29 Å². The van der Waals surface area contributed by atoms with Gasteiger partial charge in [-0.25, -0.2) is 4.39 Å². The minimum absolute atomic E-state index is 0.331. The molecule has 102 valence electrons. The molecule has 19 heavy (non-hydrogen) atoms. The Balaban J connectivity index is 1.93. The van der Waals surface area contributed by atoms with Crippen LogP contribution in [0.5, 0.6) is 0 Å². The SMILES string of the molecule is O=Cc1cc(F)ccc1N1CCC[C@H]2CCCC[C@H]21. The number of fused-ring (bicyclic) bond motifs is 1. The van der Waals surface area contributed by atoms with Crippen molar-refractivity contribution in [2.45, 2.75) is 44.6 Å². The highest BCUT2D eigenvalue weighted by molar-refractivity contribution is 5.84. The molecule has 1 saturated carbocycles. The van der Waals surface area contributed by atoms with Gasteiger partial charge in [0.25, 0.3) is 0 Å². The molecule has 2 atom stereocenters. The molecule has 3 heteroatoms. The molecular formula is C16H20FNO. The highest BCUT2D eigenvalue weighted by atomic mass is 19.1. The van der Waals surface area contributed by atoms with Crippen LogP contribution in [0.1, 0.15) is 48.9 Å². The van der Waals surface area contributed by atoms with E-state index in [4.69, 9.17) is 0 Å². The van der Waals surface area contributed by atoms with Crippen molar-refractivity contribution in [1.29, 1.82) is 0 Å². The van der Waals surface area contributed by atoms with Crippen LogP contribution in [0.2, 0.25) is 0 Å². The molecule has 0 spiro atoms. The summed E-state index contributed by atoms with van der Waals surface area (Å²) >= 11 is 0. The molecule has 0 unspecified atom stereocenters. The second-order valence-corrected chi connectivity index (χ2v) is 5.77. The fourth-order valence-corrected chi connectivity index (χ4v) is 3.81. The summed E-state index contributed by atoms with van der Waals surface area (Å²) in [5.74, 6) is 0.426. The normalized spacial score (nSPS) is 26.9. The van der Waals surface area contributed by atoms with E-state index in [-0.39, 0.29) is 5.82 Å². The second-order valence-electron chi connectivity index (χ2n) is 5.77. The largest absolute Gasteiger partial charge is 0.368 e.